The molecule has 3 heterocycles. The van der Waals surface area contributed by atoms with Gasteiger partial charge in [0, 0.05) is 44.5 Å². The molecule has 2 fully saturated rings. The summed E-state index contributed by atoms with van der Waals surface area (Å²) in [6.07, 6.45) is 4.43. The van der Waals surface area contributed by atoms with Crippen LogP contribution in [-0.2, 0) is 4.74 Å². The van der Waals surface area contributed by atoms with Crippen LogP contribution in [0.15, 0.2) is 16.9 Å². The summed E-state index contributed by atoms with van der Waals surface area (Å²) in [4.78, 5) is 18.3. The van der Waals surface area contributed by atoms with Crippen molar-refractivity contribution >= 4 is 23.4 Å². The van der Waals surface area contributed by atoms with E-state index in [1.54, 1.807) is 0 Å². The molecule has 2 saturated heterocycles. The molecule has 4 rings (SSSR count). The SMILES string of the molecule is Cc1cc2c(cc1OC(C)C)[nH]c(=O)n2C1CCN(C2CCOCC2)CC1.Cl. The number of rotatable bonds is 4. The number of nitrogens with one attached hydrogen (secondary N) is 1. The zero-order valence-corrected chi connectivity index (χ0v) is 17.9. The lowest BCUT2D eigenvalue weighted by molar-refractivity contribution is 0.0220. The molecule has 6 nitrogen and oxygen atoms in total. The summed E-state index contributed by atoms with van der Waals surface area (Å²) in [6, 6.07) is 4.98. The number of H-pyrrole nitrogens is 1. The Balaban J connectivity index is 0.00000225. The summed E-state index contributed by atoms with van der Waals surface area (Å²) in [5, 5.41) is 0. The minimum absolute atomic E-state index is 0. The Hall–Kier alpha value is -1.50. The predicted molar refractivity (Wildman–Crippen MR) is 114 cm³/mol. The number of hydrogen-bond acceptors (Lipinski definition) is 4. The number of halogens is 1. The van der Waals surface area contributed by atoms with E-state index in [4.69, 9.17) is 9.47 Å². The van der Waals surface area contributed by atoms with Crippen LogP contribution in [0, 0.1) is 6.92 Å². The van der Waals surface area contributed by atoms with Gasteiger partial charge in [-0.2, -0.15) is 0 Å². The maximum atomic E-state index is 12.7. The summed E-state index contributed by atoms with van der Waals surface area (Å²) in [5.74, 6) is 0.847. The molecular formula is C21H32ClN3O3. The first kappa shape index (κ1) is 21.2. The van der Waals surface area contributed by atoms with E-state index in [1.807, 2.05) is 31.4 Å². The number of likely N-dealkylation sites (tertiary alicyclic amines) is 1. The number of imidazole rings is 1. The smallest absolute Gasteiger partial charge is 0.326 e. The van der Waals surface area contributed by atoms with E-state index in [9.17, 15) is 4.79 Å². The summed E-state index contributed by atoms with van der Waals surface area (Å²) in [5.41, 5.74) is 2.94. The number of piperidine rings is 1. The van der Waals surface area contributed by atoms with Crippen LogP contribution < -0.4 is 10.4 Å². The molecule has 1 aromatic carbocycles. The molecule has 0 spiro atoms. The summed E-state index contributed by atoms with van der Waals surface area (Å²) < 4.78 is 13.3. The van der Waals surface area contributed by atoms with Gasteiger partial charge in [-0.1, -0.05) is 0 Å². The van der Waals surface area contributed by atoms with Crippen LogP contribution in [0.4, 0.5) is 0 Å². The van der Waals surface area contributed by atoms with Gasteiger partial charge in [0.25, 0.3) is 0 Å². The molecule has 0 aliphatic carbocycles. The van der Waals surface area contributed by atoms with Gasteiger partial charge in [-0.15, -0.1) is 12.4 Å². The van der Waals surface area contributed by atoms with Crippen molar-refractivity contribution in [1.29, 1.82) is 0 Å². The van der Waals surface area contributed by atoms with Crippen molar-refractivity contribution in [1.82, 2.24) is 14.5 Å². The van der Waals surface area contributed by atoms with Gasteiger partial charge in [0.1, 0.15) is 5.75 Å². The van der Waals surface area contributed by atoms with Crippen LogP contribution in [0.3, 0.4) is 0 Å². The molecule has 2 aliphatic heterocycles. The summed E-state index contributed by atoms with van der Waals surface area (Å²) in [7, 11) is 0. The lowest BCUT2D eigenvalue weighted by atomic mass is 9.99. The number of aromatic amines is 1. The van der Waals surface area contributed by atoms with Gasteiger partial charge < -0.3 is 19.4 Å². The normalized spacial score (nSPS) is 19.9. The molecule has 0 unspecified atom stereocenters. The highest BCUT2D eigenvalue weighted by Crippen LogP contribution is 2.30. The topological polar surface area (TPSA) is 59.5 Å². The fourth-order valence-corrected chi connectivity index (χ4v) is 4.56. The van der Waals surface area contributed by atoms with Crippen LogP contribution in [0.5, 0.6) is 5.75 Å². The van der Waals surface area contributed by atoms with Crippen molar-refractivity contribution in [2.24, 2.45) is 0 Å². The first-order valence-electron chi connectivity index (χ1n) is 10.3. The lowest BCUT2D eigenvalue weighted by Gasteiger charge is -2.39. The highest BCUT2D eigenvalue weighted by molar-refractivity contribution is 5.85. The number of ether oxygens (including phenoxy) is 2. The van der Waals surface area contributed by atoms with Crippen molar-refractivity contribution in [3.63, 3.8) is 0 Å². The zero-order chi connectivity index (χ0) is 19.0. The van der Waals surface area contributed by atoms with Gasteiger partial charge in [0.2, 0.25) is 0 Å². The van der Waals surface area contributed by atoms with Crippen molar-refractivity contribution in [3.8, 4) is 5.75 Å². The number of aryl methyl sites for hydroxylation is 1. The number of hydrogen-bond donors (Lipinski definition) is 1. The molecule has 2 aliphatic rings. The summed E-state index contributed by atoms with van der Waals surface area (Å²) >= 11 is 0. The molecule has 2 aromatic rings. The average Bonchev–Trinajstić information content (AvgIpc) is 2.97. The fraction of sp³-hybridized carbons (Fsp3) is 0.667. The third-order valence-electron chi connectivity index (χ3n) is 5.95. The molecule has 0 amide bonds. The number of aromatic nitrogens is 2. The largest absolute Gasteiger partial charge is 0.491 e. The molecule has 0 atom stereocenters. The minimum Gasteiger partial charge on any atom is -0.491 e. The van der Waals surface area contributed by atoms with Crippen molar-refractivity contribution in [2.75, 3.05) is 26.3 Å². The first-order valence-corrected chi connectivity index (χ1v) is 10.3. The van der Waals surface area contributed by atoms with Crippen molar-refractivity contribution < 1.29 is 9.47 Å². The Labute approximate surface area is 172 Å². The maximum absolute atomic E-state index is 12.7. The molecule has 1 N–H and O–H groups in total. The molecule has 0 saturated carbocycles. The van der Waals surface area contributed by atoms with Crippen molar-refractivity contribution in [3.05, 3.63) is 28.2 Å². The monoisotopic (exact) mass is 409 g/mol. The molecule has 0 bridgehead atoms. The third-order valence-corrected chi connectivity index (χ3v) is 5.95. The second kappa shape index (κ2) is 8.89. The van der Waals surface area contributed by atoms with Gasteiger partial charge in [-0.05, 0) is 58.1 Å². The van der Waals surface area contributed by atoms with Crippen LogP contribution in [-0.4, -0.2) is 52.9 Å². The van der Waals surface area contributed by atoms with Crippen LogP contribution in [0.25, 0.3) is 11.0 Å². The first-order chi connectivity index (χ1) is 13.0. The van der Waals surface area contributed by atoms with Crippen LogP contribution in [0.2, 0.25) is 0 Å². The Bertz CT molecular complexity index is 846. The van der Waals surface area contributed by atoms with E-state index < -0.39 is 0 Å². The second-order valence-electron chi connectivity index (χ2n) is 8.21. The number of nitrogens with zero attached hydrogens (tertiary/aromatic N) is 2. The van der Waals surface area contributed by atoms with E-state index >= 15 is 0 Å². The van der Waals surface area contributed by atoms with Crippen LogP contribution in [0.1, 0.15) is 51.1 Å². The van der Waals surface area contributed by atoms with E-state index in [0.29, 0.717) is 6.04 Å². The fourth-order valence-electron chi connectivity index (χ4n) is 4.56. The molecular weight excluding hydrogens is 378 g/mol. The predicted octanol–water partition coefficient (Wildman–Crippen LogP) is 3.66. The highest BCUT2D eigenvalue weighted by Gasteiger charge is 2.28. The van der Waals surface area contributed by atoms with E-state index in [0.717, 1.165) is 74.3 Å². The molecule has 7 heteroatoms. The van der Waals surface area contributed by atoms with Crippen molar-refractivity contribution in [2.45, 2.75) is 64.6 Å². The lowest BCUT2D eigenvalue weighted by Crippen LogP contribution is -2.45. The summed E-state index contributed by atoms with van der Waals surface area (Å²) in [6.45, 7) is 9.96. The number of fused-ring (bicyclic) bond motifs is 1. The standard InChI is InChI=1S/C21H31N3O3.ClH/c1-14(2)27-20-13-18-19(12-15(20)3)24(21(25)22-18)17-4-8-23(9-5-17)16-6-10-26-11-7-16;/h12-14,16-17H,4-11H2,1-3H3,(H,22,25);1H. The second-order valence-corrected chi connectivity index (χ2v) is 8.21. The molecule has 1 aromatic heterocycles. The van der Waals surface area contributed by atoms with E-state index in [2.05, 4.69) is 16.0 Å². The van der Waals surface area contributed by atoms with Gasteiger partial charge in [0.05, 0.1) is 17.1 Å². The average molecular weight is 410 g/mol. The quantitative estimate of drug-likeness (QED) is 0.837. The van der Waals surface area contributed by atoms with Crippen LogP contribution >= 0.6 is 12.4 Å². The van der Waals surface area contributed by atoms with E-state index in [-0.39, 0.29) is 30.2 Å². The molecule has 156 valence electrons. The van der Waals surface area contributed by atoms with Gasteiger partial charge >= 0.3 is 5.69 Å². The maximum Gasteiger partial charge on any atom is 0.326 e. The molecule has 0 radical (unpaired) electrons. The third kappa shape index (κ3) is 4.24. The Morgan fingerprint density at radius 2 is 1.79 bits per heavy atom. The van der Waals surface area contributed by atoms with Gasteiger partial charge in [-0.25, -0.2) is 4.79 Å². The number of benzene rings is 1. The Kier molecular flexibility index (Phi) is 6.73. The Morgan fingerprint density at radius 3 is 2.43 bits per heavy atom. The van der Waals surface area contributed by atoms with E-state index in [1.165, 1.54) is 0 Å². The van der Waals surface area contributed by atoms with Gasteiger partial charge in [-0.3, -0.25) is 4.57 Å². The zero-order valence-electron chi connectivity index (χ0n) is 17.1. The minimum atomic E-state index is -0.00406. The Morgan fingerprint density at radius 1 is 1.11 bits per heavy atom. The van der Waals surface area contributed by atoms with Gasteiger partial charge in [0.15, 0.2) is 0 Å². The molecule has 28 heavy (non-hydrogen) atoms. The highest BCUT2D eigenvalue weighted by atomic mass is 35.5.